The predicted molar refractivity (Wildman–Crippen MR) is 126 cm³/mol. The fraction of sp³-hybridized carbons (Fsp3) is 0.292. The number of aryl methyl sites for hydroxylation is 1. The first kappa shape index (κ1) is 23.8. The van der Waals surface area contributed by atoms with Crippen LogP contribution in [0.5, 0.6) is 0 Å². The number of hydrogen-bond acceptors (Lipinski definition) is 4. The Morgan fingerprint density at radius 2 is 1.56 bits per heavy atom. The van der Waals surface area contributed by atoms with Crippen molar-refractivity contribution in [3.63, 3.8) is 0 Å². The van der Waals surface area contributed by atoms with Gasteiger partial charge >= 0.3 is 12.2 Å². The molecule has 0 bridgehead atoms. The normalized spacial score (nSPS) is 14.3. The molecule has 1 N–H and O–H groups in total. The third-order valence-corrected chi connectivity index (χ3v) is 6.05. The lowest BCUT2D eigenvalue weighted by Gasteiger charge is -2.36. The number of carbonyl (C=O) groups excluding carboxylic acids is 1. The molecule has 4 rings (SSSR count). The Kier molecular flexibility index (Phi) is 6.65. The van der Waals surface area contributed by atoms with E-state index in [1.807, 2.05) is 26.0 Å². The Morgan fingerprint density at radius 1 is 0.941 bits per heavy atom. The van der Waals surface area contributed by atoms with Gasteiger partial charge in [0.2, 0.25) is 0 Å². The number of hydrogen-bond donors (Lipinski definition) is 1. The highest BCUT2D eigenvalue weighted by Gasteiger charge is 2.30. The van der Waals surface area contributed by atoms with Gasteiger partial charge in [-0.25, -0.2) is 14.8 Å². The van der Waals surface area contributed by atoms with Gasteiger partial charge in [0.05, 0.1) is 5.56 Å². The maximum absolute atomic E-state index is 12.7. The molecular formula is C24H23ClF3N5O. The number of piperazine rings is 1. The molecule has 0 saturated carbocycles. The summed E-state index contributed by atoms with van der Waals surface area (Å²) in [5, 5.41) is 3.30. The monoisotopic (exact) mass is 489 g/mol. The van der Waals surface area contributed by atoms with Crippen molar-refractivity contribution >= 4 is 29.1 Å². The van der Waals surface area contributed by atoms with Crippen LogP contribution in [0.1, 0.15) is 16.8 Å². The van der Waals surface area contributed by atoms with Crippen LogP contribution in [0.25, 0.3) is 11.4 Å². The SMILES string of the molecule is Cc1nc(-c2ccc(Cl)cc2)nc(N2CCN(C(=O)Nc3ccc(C(F)(F)F)cc3)CC2)c1C. The van der Waals surface area contributed by atoms with E-state index >= 15 is 0 Å². The Labute approximate surface area is 200 Å². The number of benzene rings is 2. The van der Waals surface area contributed by atoms with Crippen LogP contribution in [-0.2, 0) is 6.18 Å². The van der Waals surface area contributed by atoms with Crippen molar-refractivity contribution in [1.82, 2.24) is 14.9 Å². The molecule has 0 aliphatic carbocycles. The number of nitrogens with one attached hydrogen (secondary N) is 1. The van der Waals surface area contributed by atoms with E-state index in [-0.39, 0.29) is 6.03 Å². The average molecular weight is 490 g/mol. The van der Waals surface area contributed by atoms with Gasteiger partial charge in [0, 0.05) is 53.7 Å². The lowest BCUT2D eigenvalue weighted by molar-refractivity contribution is -0.137. The molecule has 0 spiro atoms. The van der Waals surface area contributed by atoms with Gasteiger partial charge in [0.15, 0.2) is 5.82 Å². The van der Waals surface area contributed by atoms with Crippen LogP contribution >= 0.6 is 11.6 Å². The molecular weight excluding hydrogens is 467 g/mol. The van der Waals surface area contributed by atoms with E-state index in [2.05, 4.69) is 15.2 Å². The molecule has 1 fully saturated rings. The fourth-order valence-electron chi connectivity index (χ4n) is 3.72. The molecule has 0 atom stereocenters. The van der Waals surface area contributed by atoms with Gasteiger partial charge in [0.1, 0.15) is 5.82 Å². The summed E-state index contributed by atoms with van der Waals surface area (Å²) in [5.74, 6) is 1.43. The summed E-state index contributed by atoms with van der Waals surface area (Å²) in [5.41, 5.74) is 2.27. The Balaban J connectivity index is 1.42. The van der Waals surface area contributed by atoms with Gasteiger partial charge in [-0.1, -0.05) is 11.6 Å². The summed E-state index contributed by atoms with van der Waals surface area (Å²) in [6.07, 6.45) is -4.41. The number of aromatic nitrogens is 2. The third kappa shape index (κ3) is 5.25. The van der Waals surface area contributed by atoms with Crippen molar-refractivity contribution < 1.29 is 18.0 Å². The van der Waals surface area contributed by atoms with Gasteiger partial charge in [-0.3, -0.25) is 0 Å². The minimum Gasteiger partial charge on any atom is -0.353 e. The van der Waals surface area contributed by atoms with E-state index in [0.29, 0.717) is 42.7 Å². The van der Waals surface area contributed by atoms with Gasteiger partial charge in [0.25, 0.3) is 0 Å². The summed E-state index contributed by atoms with van der Waals surface area (Å²) < 4.78 is 38.2. The summed E-state index contributed by atoms with van der Waals surface area (Å²) in [6, 6.07) is 11.4. The molecule has 0 unspecified atom stereocenters. The molecule has 2 amide bonds. The largest absolute Gasteiger partial charge is 0.416 e. The lowest BCUT2D eigenvalue weighted by atomic mass is 10.1. The molecule has 2 aromatic carbocycles. The molecule has 178 valence electrons. The molecule has 2 heterocycles. The second-order valence-corrected chi connectivity index (χ2v) is 8.50. The molecule has 1 aromatic heterocycles. The van der Waals surface area contributed by atoms with Gasteiger partial charge in [-0.05, 0) is 62.4 Å². The van der Waals surface area contributed by atoms with E-state index in [4.69, 9.17) is 16.6 Å². The highest BCUT2D eigenvalue weighted by atomic mass is 35.5. The summed E-state index contributed by atoms with van der Waals surface area (Å²) >= 11 is 5.99. The molecule has 3 aromatic rings. The standard InChI is InChI=1S/C24H23ClF3N5O/c1-15-16(2)29-21(17-3-7-19(25)8-4-17)31-22(15)32-11-13-33(14-12-32)23(34)30-20-9-5-18(6-10-20)24(26,27)28/h3-10H,11-14H2,1-2H3,(H,30,34). The zero-order chi connectivity index (χ0) is 24.5. The van der Waals surface area contributed by atoms with Crippen LogP contribution in [-0.4, -0.2) is 47.1 Å². The van der Waals surface area contributed by atoms with Crippen LogP contribution in [0.15, 0.2) is 48.5 Å². The van der Waals surface area contributed by atoms with Gasteiger partial charge in [-0.15, -0.1) is 0 Å². The van der Waals surface area contributed by atoms with Crippen molar-refractivity contribution in [3.8, 4) is 11.4 Å². The summed E-state index contributed by atoms with van der Waals surface area (Å²) in [7, 11) is 0. The van der Waals surface area contributed by atoms with Crippen molar-refractivity contribution in [2.24, 2.45) is 0 Å². The molecule has 1 aliphatic rings. The maximum Gasteiger partial charge on any atom is 0.416 e. The molecule has 1 aliphatic heterocycles. The predicted octanol–water partition coefficient (Wildman–Crippen LogP) is 5.79. The molecule has 6 nitrogen and oxygen atoms in total. The van der Waals surface area contributed by atoms with Crippen molar-refractivity contribution in [3.05, 3.63) is 70.4 Å². The highest BCUT2D eigenvalue weighted by molar-refractivity contribution is 6.30. The summed E-state index contributed by atoms with van der Waals surface area (Å²) in [4.78, 5) is 25.8. The van der Waals surface area contributed by atoms with Crippen LogP contribution < -0.4 is 10.2 Å². The van der Waals surface area contributed by atoms with Gasteiger partial charge in [-0.2, -0.15) is 13.2 Å². The van der Waals surface area contributed by atoms with E-state index in [0.717, 1.165) is 34.8 Å². The number of carbonyl (C=O) groups is 1. The van der Waals surface area contributed by atoms with Crippen LogP contribution in [0.4, 0.5) is 29.5 Å². The topological polar surface area (TPSA) is 61.4 Å². The first-order chi connectivity index (χ1) is 16.1. The lowest BCUT2D eigenvalue weighted by Crippen LogP contribution is -2.50. The average Bonchev–Trinajstić information content (AvgIpc) is 2.81. The fourth-order valence-corrected chi connectivity index (χ4v) is 3.84. The number of alkyl halides is 3. The minimum atomic E-state index is -4.41. The van der Waals surface area contributed by atoms with Crippen molar-refractivity contribution in [2.45, 2.75) is 20.0 Å². The van der Waals surface area contributed by atoms with E-state index in [9.17, 15) is 18.0 Å². The Morgan fingerprint density at radius 3 is 2.15 bits per heavy atom. The van der Waals surface area contributed by atoms with E-state index in [1.54, 1.807) is 17.0 Å². The second kappa shape index (κ2) is 9.50. The zero-order valence-electron chi connectivity index (χ0n) is 18.7. The third-order valence-electron chi connectivity index (χ3n) is 5.80. The smallest absolute Gasteiger partial charge is 0.353 e. The first-order valence-electron chi connectivity index (χ1n) is 10.7. The number of urea groups is 1. The molecule has 1 saturated heterocycles. The van der Waals surface area contributed by atoms with E-state index < -0.39 is 11.7 Å². The molecule has 0 radical (unpaired) electrons. The number of anilines is 2. The summed E-state index contributed by atoms with van der Waals surface area (Å²) in [6.45, 7) is 5.94. The maximum atomic E-state index is 12.7. The van der Waals surface area contributed by atoms with Crippen LogP contribution in [0.3, 0.4) is 0 Å². The second-order valence-electron chi connectivity index (χ2n) is 8.07. The number of nitrogens with zero attached hydrogens (tertiary/aromatic N) is 4. The Bertz CT molecular complexity index is 1170. The zero-order valence-corrected chi connectivity index (χ0v) is 19.4. The Hall–Kier alpha value is -3.33. The number of rotatable bonds is 3. The van der Waals surface area contributed by atoms with Crippen LogP contribution in [0.2, 0.25) is 5.02 Å². The number of amides is 2. The highest BCUT2D eigenvalue weighted by Crippen LogP contribution is 2.30. The quantitative estimate of drug-likeness (QED) is 0.506. The first-order valence-corrected chi connectivity index (χ1v) is 11.1. The molecule has 34 heavy (non-hydrogen) atoms. The minimum absolute atomic E-state index is 0.315. The van der Waals surface area contributed by atoms with E-state index in [1.165, 1.54) is 12.1 Å². The molecule has 10 heteroatoms. The van der Waals surface area contributed by atoms with Gasteiger partial charge < -0.3 is 15.1 Å². The van der Waals surface area contributed by atoms with Crippen molar-refractivity contribution in [2.75, 3.05) is 36.4 Å². The van der Waals surface area contributed by atoms with Crippen molar-refractivity contribution in [1.29, 1.82) is 0 Å². The number of halogens is 4. The van der Waals surface area contributed by atoms with Crippen LogP contribution in [0, 0.1) is 13.8 Å².